The van der Waals surface area contributed by atoms with Crippen LogP contribution in [0.4, 0.5) is 19.0 Å². The summed E-state index contributed by atoms with van der Waals surface area (Å²) in [7, 11) is 0. The van der Waals surface area contributed by atoms with E-state index in [0.717, 1.165) is 19.9 Å². The number of benzene rings is 2. The fourth-order valence-corrected chi connectivity index (χ4v) is 3.68. The molecule has 0 fully saturated rings. The minimum absolute atomic E-state index is 0.0253. The number of nitriles is 1. The van der Waals surface area contributed by atoms with Gasteiger partial charge in [0, 0.05) is 17.6 Å². The summed E-state index contributed by atoms with van der Waals surface area (Å²) < 4.78 is 55.8. The third-order valence-corrected chi connectivity index (χ3v) is 5.67. The number of anilines is 1. The Labute approximate surface area is 207 Å². The van der Waals surface area contributed by atoms with Crippen LogP contribution in [0.25, 0.3) is 10.9 Å². The molecule has 2 aromatic carbocycles. The van der Waals surface area contributed by atoms with Crippen LogP contribution >= 0.6 is 0 Å². The number of fused-ring (bicyclic) bond motifs is 1. The van der Waals surface area contributed by atoms with E-state index in [1.807, 2.05) is 6.92 Å². The summed E-state index contributed by atoms with van der Waals surface area (Å²) in [6, 6.07) is 8.16. The number of aliphatic hydroxyl groups is 1. The zero-order chi connectivity index (χ0) is 26.7. The van der Waals surface area contributed by atoms with Gasteiger partial charge in [0.25, 0.3) is 0 Å². The van der Waals surface area contributed by atoms with Gasteiger partial charge < -0.3 is 19.9 Å². The number of hydrogen-bond acceptors (Lipinski definition) is 7. The van der Waals surface area contributed by atoms with Crippen molar-refractivity contribution in [2.24, 2.45) is 0 Å². The van der Waals surface area contributed by atoms with Crippen molar-refractivity contribution in [3.05, 3.63) is 58.7 Å². The zero-order valence-electron chi connectivity index (χ0n) is 20.8. The summed E-state index contributed by atoms with van der Waals surface area (Å²) >= 11 is 0. The number of aromatic nitrogens is 2. The number of ether oxygens (including phenoxy) is 2. The van der Waals surface area contributed by atoms with Gasteiger partial charge in [-0.1, -0.05) is 12.1 Å². The minimum atomic E-state index is -3.81. The molecule has 3 aromatic rings. The van der Waals surface area contributed by atoms with Gasteiger partial charge in [0.05, 0.1) is 29.3 Å². The summed E-state index contributed by atoms with van der Waals surface area (Å²) in [5.41, 5.74) is -2.63. The predicted octanol–water partition coefficient (Wildman–Crippen LogP) is 5.40. The molecule has 7 nitrogen and oxygen atoms in total. The minimum Gasteiger partial charge on any atom is -0.490 e. The van der Waals surface area contributed by atoms with Crippen molar-refractivity contribution in [1.29, 1.82) is 5.26 Å². The number of halogens is 3. The van der Waals surface area contributed by atoms with Crippen LogP contribution in [0.5, 0.6) is 5.75 Å². The van der Waals surface area contributed by atoms with Crippen LogP contribution in [0.15, 0.2) is 30.3 Å². The molecule has 1 heterocycles. The van der Waals surface area contributed by atoms with E-state index in [9.17, 15) is 19.1 Å². The first kappa shape index (κ1) is 27.2. The molecular formula is C26H29F3N4O3. The summed E-state index contributed by atoms with van der Waals surface area (Å²) in [6.45, 7) is 8.10. The van der Waals surface area contributed by atoms with Crippen molar-refractivity contribution in [3.63, 3.8) is 0 Å². The van der Waals surface area contributed by atoms with Gasteiger partial charge in [0.1, 0.15) is 41.5 Å². The maximum atomic E-state index is 15.3. The zero-order valence-corrected chi connectivity index (χ0v) is 20.8. The van der Waals surface area contributed by atoms with Crippen LogP contribution in [0, 0.1) is 24.1 Å². The number of rotatable bonds is 10. The van der Waals surface area contributed by atoms with Crippen molar-refractivity contribution in [3.8, 4) is 11.8 Å². The Kier molecular flexibility index (Phi) is 8.06. The SMILES string of the molecule is CCOCCOc1cc2c(N[C@H](C)c3cccc(C(F)(F)C(C)(C)O)c3F)nc(C)nc2cc1C#N. The lowest BCUT2D eigenvalue weighted by molar-refractivity contribution is -0.170. The molecule has 0 radical (unpaired) electrons. The highest BCUT2D eigenvalue weighted by Gasteiger charge is 2.49. The smallest absolute Gasteiger partial charge is 0.303 e. The van der Waals surface area contributed by atoms with Crippen molar-refractivity contribution in [2.75, 3.05) is 25.1 Å². The standard InChI is InChI=1S/C26H29F3N4O3/c1-6-35-10-11-36-22-13-19-21(12-17(22)14-30)32-16(3)33-24(19)31-15(2)18-8-7-9-20(23(18)27)26(28,29)25(4,5)34/h7-9,12-13,15,34H,6,10-11H2,1-5H3,(H,31,32,33)/t15-/m1/s1. The Morgan fingerprint density at radius 1 is 1.19 bits per heavy atom. The van der Waals surface area contributed by atoms with Gasteiger partial charge in [-0.25, -0.2) is 14.4 Å². The van der Waals surface area contributed by atoms with Gasteiger partial charge in [-0.2, -0.15) is 14.0 Å². The molecule has 0 amide bonds. The molecule has 1 aromatic heterocycles. The van der Waals surface area contributed by atoms with Crippen molar-refractivity contribution in [2.45, 2.75) is 52.2 Å². The fourth-order valence-electron chi connectivity index (χ4n) is 3.68. The van der Waals surface area contributed by atoms with Gasteiger partial charge in [-0.05, 0) is 52.8 Å². The van der Waals surface area contributed by atoms with Crippen molar-refractivity contribution in [1.82, 2.24) is 9.97 Å². The van der Waals surface area contributed by atoms with E-state index in [1.165, 1.54) is 12.1 Å². The van der Waals surface area contributed by atoms with Gasteiger partial charge in [0.2, 0.25) is 0 Å². The topological polar surface area (TPSA) is 100 Å². The largest absolute Gasteiger partial charge is 0.490 e. The molecule has 2 N–H and O–H groups in total. The second kappa shape index (κ2) is 10.7. The number of nitrogens with one attached hydrogen (secondary N) is 1. The fraction of sp³-hybridized carbons (Fsp3) is 0.423. The highest BCUT2D eigenvalue weighted by atomic mass is 19.3. The number of hydrogen-bond donors (Lipinski definition) is 2. The first-order valence-corrected chi connectivity index (χ1v) is 11.5. The second-order valence-corrected chi connectivity index (χ2v) is 8.85. The molecule has 0 aliphatic heterocycles. The van der Waals surface area contributed by atoms with Crippen LogP contribution in [-0.2, 0) is 10.7 Å². The molecule has 192 valence electrons. The Balaban J connectivity index is 2.01. The average Bonchev–Trinajstić information content (AvgIpc) is 2.80. The Hall–Kier alpha value is -3.42. The maximum Gasteiger partial charge on any atom is 0.303 e. The van der Waals surface area contributed by atoms with Gasteiger partial charge >= 0.3 is 5.92 Å². The Morgan fingerprint density at radius 2 is 1.92 bits per heavy atom. The molecule has 0 aliphatic rings. The molecule has 10 heteroatoms. The predicted molar refractivity (Wildman–Crippen MR) is 130 cm³/mol. The lowest BCUT2D eigenvalue weighted by Gasteiger charge is -2.30. The lowest BCUT2D eigenvalue weighted by Crippen LogP contribution is -2.41. The molecule has 0 saturated carbocycles. The molecule has 36 heavy (non-hydrogen) atoms. The Morgan fingerprint density at radius 3 is 2.56 bits per heavy atom. The van der Waals surface area contributed by atoms with Gasteiger partial charge in [-0.15, -0.1) is 0 Å². The third kappa shape index (κ3) is 5.53. The third-order valence-electron chi connectivity index (χ3n) is 5.67. The summed E-state index contributed by atoms with van der Waals surface area (Å²) in [5.74, 6) is -3.90. The van der Waals surface area contributed by atoms with Crippen LogP contribution in [-0.4, -0.2) is 40.5 Å². The lowest BCUT2D eigenvalue weighted by atomic mass is 9.91. The van der Waals surface area contributed by atoms with Gasteiger partial charge in [-0.3, -0.25) is 0 Å². The van der Waals surface area contributed by atoms with E-state index in [-0.39, 0.29) is 17.7 Å². The molecule has 0 aliphatic carbocycles. The summed E-state index contributed by atoms with van der Waals surface area (Å²) in [6.07, 6.45) is 0. The van der Waals surface area contributed by atoms with E-state index in [1.54, 1.807) is 26.0 Å². The molecule has 0 unspecified atom stereocenters. The molecule has 0 bridgehead atoms. The van der Waals surface area contributed by atoms with Crippen LogP contribution in [0.3, 0.4) is 0 Å². The van der Waals surface area contributed by atoms with E-state index in [0.29, 0.717) is 41.5 Å². The summed E-state index contributed by atoms with van der Waals surface area (Å²) in [5, 5.41) is 23.0. The highest BCUT2D eigenvalue weighted by molar-refractivity contribution is 5.91. The molecular weight excluding hydrogens is 473 g/mol. The molecule has 0 saturated heterocycles. The number of nitrogens with zero attached hydrogens (tertiary/aromatic N) is 3. The number of aryl methyl sites for hydroxylation is 1. The Bertz CT molecular complexity index is 1290. The maximum absolute atomic E-state index is 15.3. The molecule has 1 atom stereocenters. The first-order chi connectivity index (χ1) is 16.9. The van der Waals surface area contributed by atoms with Crippen LogP contribution in [0.1, 0.15) is 56.3 Å². The van der Waals surface area contributed by atoms with Gasteiger partial charge in [0.15, 0.2) is 0 Å². The average molecular weight is 503 g/mol. The van der Waals surface area contributed by atoms with E-state index in [2.05, 4.69) is 21.4 Å². The van der Waals surface area contributed by atoms with Crippen molar-refractivity contribution < 1.29 is 27.8 Å². The second-order valence-electron chi connectivity index (χ2n) is 8.85. The quantitative estimate of drug-likeness (QED) is 0.358. The molecule has 0 spiro atoms. The highest BCUT2D eigenvalue weighted by Crippen LogP contribution is 2.41. The normalized spacial score (nSPS) is 12.9. The van der Waals surface area contributed by atoms with Crippen molar-refractivity contribution >= 4 is 16.7 Å². The first-order valence-electron chi connectivity index (χ1n) is 11.5. The van der Waals surface area contributed by atoms with E-state index >= 15 is 4.39 Å². The monoisotopic (exact) mass is 502 g/mol. The van der Waals surface area contributed by atoms with E-state index < -0.39 is 28.9 Å². The van der Waals surface area contributed by atoms with E-state index in [4.69, 9.17) is 9.47 Å². The summed E-state index contributed by atoms with van der Waals surface area (Å²) in [4.78, 5) is 8.80. The number of alkyl halides is 2. The van der Waals surface area contributed by atoms with Crippen LogP contribution in [0.2, 0.25) is 0 Å². The molecule has 3 rings (SSSR count). The van der Waals surface area contributed by atoms with Crippen LogP contribution < -0.4 is 10.1 Å².